The van der Waals surface area contributed by atoms with Crippen molar-refractivity contribution in [2.45, 2.75) is 24.4 Å². The molecule has 0 aliphatic rings. The van der Waals surface area contributed by atoms with E-state index in [1.807, 2.05) is 0 Å². The molecule has 0 fully saturated rings. The fourth-order valence-electron chi connectivity index (χ4n) is 0.738. The zero-order valence-electron chi connectivity index (χ0n) is 10.1. The van der Waals surface area contributed by atoms with Crippen molar-refractivity contribution in [3.8, 4) is 0 Å². The summed E-state index contributed by atoms with van der Waals surface area (Å²) in [5.74, 6) is 0. The molecule has 0 aliphatic heterocycles. The molecule has 15 heavy (non-hydrogen) atoms. The van der Waals surface area contributed by atoms with E-state index in [1.165, 1.54) is 0 Å². The Balaban J connectivity index is -0.000000120. The molecule has 9 heteroatoms. The maximum atomic E-state index is 9.06. The first-order valence-electron chi connectivity index (χ1n) is 3.64. The predicted molar refractivity (Wildman–Crippen MR) is 53.4 cm³/mol. The van der Waals surface area contributed by atoms with Crippen LogP contribution in [0.5, 0.6) is 0 Å². The Bertz CT molecular complexity index is 150. The topological polar surface area (TPSA) is 131 Å². The average Bonchev–Trinajstić information content (AvgIpc) is 2.14. The van der Waals surface area contributed by atoms with E-state index in [1.54, 1.807) is 0 Å². The van der Waals surface area contributed by atoms with E-state index in [0.717, 1.165) is 0 Å². The molecule has 0 saturated heterocycles. The van der Waals surface area contributed by atoms with Crippen molar-refractivity contribution >= 4 is 40.4 Å². The van der Waals surface area contributed by atoms with Crippen molar-refractivity contribution in [2.24, 2.45) is 0 Å². The summed E-state index contributed by atoms with van der Waals surface area (Å²) >= 11 is 0. The van der Waals surface area contributed by atoms with Gasteiger partial charge in [-0.3, -0.25) is 5.26 Å². The van der Waals surface area contributed by atoms with Gasteiger partial charge in [-0.1, -0.05) is 0 Å². The normalized spacial score (nSPS) is 18.0. The van der Waals surface area contributed by atoms with Gasteiger partial charge in [0.15, 0.2) is 0 Å². The third kappa shape index (κ3) is 7.84. The Labute approximate surface area is 116 Å². The number of rotatable bonds is 6. The van der Waals surface area contributed by atoms with Gasteiger partial charge in [-0.25, -0.2) is 4.89 Å². The van der Waals surface area contributed by atoms with E-state index in [9.17, 15) is 0 Å². The Hall–Kier alpha value is 1.02. The first kappa shape index (κ1) is 21.3. The summed E-state index contributed by atoms with van der Waals surface area (Å²) in [6, 6.07) is 0. The molecule has 0 bridgehead atoms. The van der Waals surface area contributed by atoms with Crippen molar-refractivity contribution in [2.75, 3.05) is 13.2 Å². The summed E-state index contributed by atoms with van der Waals surface area (Å²) in [6.45, 7) is -1.35. The molecule has 0 aliphatic carbocycles. The number of aliphatic hydroxyl groups excluding tert-OH is 5. The first-order chi connectivity index (χ1) is 6.04. The Morgan fingerprint density at radius 1 is 1.00 bits per heavy atom. The van der Waals surface area contributed by atoms with Crippen LogP contribution >= 0.6 is 0 Å². The second-order valence-electron chi connectivity index (χ2n) is 2.59. The van der Waals surface area contributed by atoms with Gasteiger partial charge in [0.25, 0.3) is 0 Å². The number of hydrogen-bond acceptors (Lipinski definition) is 7. The van der Waals surface area contributed by atoms with Crippen LogP contribution in [-0.2, 0) is 4.89 Å². The van der Waals surface area contributed by atoms with Gasteiger partial charge in [0.05, 0.1) is 6.61 Å². The van der Waals surface area contributed by atoms with Crippen molar-refractivity contribution < 1.29 is 38.5 Å². The summed E-state index contributed by atoms with van der Waals surface area (Å²) < 4.78 is 0. The third-order valence-corrected chi connectivity index (χ3v) is 1.57. The molecule has 87 valence electrons. The van der Waals surface area contributed by atoms with Crippen molar-refractivity contribution in [1.82, 2.24) is 0 Å². The van der Waals surface area contributed by atoms with Crippen LogP contribution in [0.2, 0.25) is 0 Å². The van der Waals surface area contributed by atoms with Gasteiger partial charge in [-0.15, -0.1) is 0 Å². The fraction of sp³-hybridized carbons (Fsp3) is 1.00. The van der Waals surface area contributed by atoms with E-state index in [0.29, 0.717) is 0 Å². The van der Waals surface area contributed by atoms with Gasteiger partial charge in [0, 0.05) is 17.4 Å². The zero-order valence-corrected chi connectivity index (χ0v) is 10.7. The zero-order chi connectivity index (χ0) is 10.4. The van der Waals surface area contributed by atoms with Crippen LogP contribution in [-0.4, -0.2) is 109 Å². The minimum atomic E-state index is -1.70. The SMILES string of the molecule is OC[C@@H](O)[C@@H](O)[C@H](O)[C@@H](O)COO.[Al].[H-].[H-].[Mg+2]. The van der Waals surface area contributed by atoms with Crippen LogP contribution in [0, 0.1) is 0 Å². The maximum absolute atomic E-state index is 9.06. The van der Waals surface area contributed by atoms with Gasteiger partial charge >= 0.3 is 23.1 Å². The summed E-state index contributed by atoms with van der Waals surface area (Å²) in [5.41, 5.74) is 0. The quantitative estimate of drug-likeness (QED) is 0.163. The van der Waals surface area contributed by atoms with Crippen molar-refractivity contribution in [3.05, 3.63) is 0 Å². The monoisotopic (exact) mass is 251 g/mol. The first-order valence-corrected chi connectivity index (χ1v) is 3.64. The minimum Gasteiger partial charge on any atom is -1.00 e. The summed E-state index contributed by atoms with van der Waals surface area (Å²) in [5, 5.41) is 52.1. The molecule has 0 saturated carbocycles. The molecule has 4 atom stereocenters. The molecule has 3 radical (unpaired) electrons. The minimum absolute atomic E-state index is 0. The Morgan fingerprint density at radius 3 is 1.73 bits per heavy atom. The second-order valence-corrected chi connectivity index (χ2v) is 2.59. The fourth-order valence-corrected chi connectivity index (χ4v) is 0.738. The molecule has 0 unspecified atom stereocenters. The largest absolute Gasteiger partial charge is 2.00 e. The van der Waals surface area contributed by atoms with E-state index >= 15 is 0 Å². The van der Waals surface area contributed by atoms with Crippen molar-refractivity contribution in [3.63, 3.8) is 0 Å². The van der Waals surface area contributed by atoms with E-state index in [2.05, 4.69) is 4.89 Å². The molecule has 0 heterocycles. The molecule has 0 aromatic carbocycles. The molecule has 0 spiro atoms. The number of aliphatic hydroxyl groups is 5. The van der Waals surface area contributed by atoms with Crippen LogP contribution in [0.25, 0.3) is 0 Å². The summed E-state index contributed by atoms with van der Waals surface area (Å²) in [4.78, 5) is 3.52. The summed E-state index contributed by atoms with van der Waals surface area (Å²) in [6.07, 6.45) is -6.49. The van der Waals surface area contributed by atoms with Gasteiger partial charge in [0.2, 0.25) is 0 Å². The van der Waals surface area contributed by atoms with Gasteiger partial charge < -0.3 is 28.4 Å². The van der Waals surface area contributed by atoms with Crippen LogP contribution in [0.1, 0.15) is 2.85 Å². The standard InChI is InChI=1S/C6H14O7.Al.Mg.2H/c7-1-3(8)5(10)6(11)4(9)2-13-12;;;;/h3-12H,1-2H2;;;;/q;;+2;2*-1/t3-,4+,5-,6-;;;;/m1..../s1. The smallest absolute Gasteiger partial charge is 1.00 e. The summed E-state index contributed by atoms with van der Waals surface area (Å²) in [7, 11) is 0. The van der Waals surface area contributed by atoms with E-state index in [4.69, 9.17) is 30.8 Å². The van der Waals surface area contributed by atoms with Crippen LogP contribution in [0.15, 0.2) is 0 Å². The van der Waals surface area contributed by atoms with Gasteiger partial charge in [-0.05, 0) is 0 Å². The molecule has 0 rings (SSSR count). The number of hydrogen-bond donors (Lipinski definition) is 6. The second kappa shape index (κ2) is 11.5. The van der Waals surface area contributed by atoms with Crippen LogP contribution < -0.4 is 0 Å². The molecule has 0 aromatic rings. The van der Waals surface area contributed by atoms with Gasteiger partial charge in [0.1, 0.15) is 31.0 Å². The van der Waals surface area contributed by atoms with E-state index < -0.39 is 37.6 Å². The average molecular weight is 251 g/mol. The van der Waals surface area contributed by atoms with Gasteiger partial charge in [-0.2, -0.15) is 0 Å². The molecule has 7 nitrogen and oxygen atoms in total. The van der Waals surface area contributed by atoms with Crippen molar-refractivity contribution in [1.29, 1.82) is 0 Å². The third-order valence-electron chi connectivity index (χ3n) is 1.57. The van der Waals surface area contributed by atoms with Crippen LogP contribution in [0.3, 0.4) is 0 Å². The molecular weight excluding hydrogens is 235 g/mol. The molecule has 6 N–H and O–H groups in total. The predicted octanol–water partition coefficient (Wildman–Crippen LogP) is -3.62. The maximum Gasteiger partial charge on any atom is 2.00 e. The molecular formula is C6H16AlMgO7. The van der Waals surface area contributed by atoms with Crippen LogP contribution in [0.4, 0.5) is 0 Å². The van der Waals surface area contributed by atoms with E-state index in [-0.39, 0.29) is 43.3 Å². The Kier molecular flexibility index (Phi) is 16.3. The Morgan fingerprint density at radius 2 is 1.40 bits per heavy atom. The molecule has 0 aromatic heterocycles. The molecule has 0 amide bonds.